The smallest absolute Gasteiger partial charge is 0.118 e. The van der Waals surface area contributed by atoms with Crippen LogP contribution in [-0.4, -0.2) is 23.9 Å². The summed E-state index contributed by atoms with van der Waals surface area (Å²) in [6.07, 6.45) is 1.88. The van der Waals surface area contributed by atoms with Gasteiger partial charge in [0, 0.05) is 6.61 Å². The van der Waals surface area contributed by atoms with Crippen molar-refractivity contribution in [3.8, 4) is 11.5 Å². The number of phenolic OH excluding ortho intramolecular Hbond substituents is 1. The van der Waals surface area contributed by atoms with Gasteiger partial charge in [0.2, 0.25) is 0 Å². The molecule has 3 atom stereocenters. The minimum atomic E-state index is 0.209. The summed E-state index contributed by atoms with van der Waals surface area (Å²) < 4.78 is 5.30. The van der Waals surface area contributed by atoms with Gasteiger partial charge in [-0.1, -0.05) is 38.1 Å². The number of hydrogen-bond donors (Lipinski definition) is 2. The molecule has 0 heterocycles. The van der Waals surface area contributed by atoms with Gasteiger partial charge < -0.3 is 14.9 Å². The average Bonchev–Trinajstić information content (AvgIpc) is 2.68. The summed E-state index contributed by atoms with van der Waals surface area (Å²) in [5, 5.41) is 19.6. The van der Waals surface area contributed by atoms with Gasteiger partial charge in [-0.25, -0.2) is 0 Å². The lowest BCUT2D eigenvalue weighted by atomic mass is 9.66. The van der Waals surface area contributed by atoms with E-state index in [0.717, 1.165) is 24.2 Å². The van der Waals surface area contributed by atoms with Crippen molar-refractivity contribution in [2.24, 2.45) is 17.8 Å². The average molecular weight is 352 g/mol. The molecule has 0 saturated carbocycles. The van der Waals surface area contributed by atoms with Gasteiger partial charge >= 0.3 is 0 Å². The van der Waals surface area contributed by atoms with Gasteiger partial charge in [-0.3, -0.25) is 0 Å². The first-order chi connectivity index (χ1) is 12.6. The normalized spacial score (nSPS) is 23.2. The van der Waals surface area contributed by atoms with Gasteiger partial charge in [0.15, 0.2) is 0 Å². The second-order valence-corrected chi connectivity index (χ2v) is 7.19. The van der Waals surface area contributed by atoms with E-state index < -0.39 is 0 Å². The number of aromatic hydroxyl groups is 1. The van der Waals surface area contributed by atoms with Crippen LogP contribution in [0.3, 0.4) is 0 Å². The number of aliphatic hydroxyl groups is 1. The number of aliphatic hydroxyl groups excluding tert-OH is 1. The number of benzene rings is 2. The van der Waals surface area contributed by atoms with E-state index in [4.69, 9.17) is 4.74 Å². The summed E-state index contributed by atoms with van der Waals surface area (Å²) in [5.41, 5.74) is 4.97. The summed E-state index contributed by atoms with van der Waals surface area (Å²) >= 11 is 0. The molecule has 3 rings (SSSR count). The van der Waals surface area contributed by atoms with E-state index in [1.165, 1.54) is 16.7 Å². The van der Waals surface area contributed by atoms with Crippen molar-refractivity contribution in [1.29, 1.82) is 0 Å². The SMILES string of the molecule is CCC1C(c2ccc(O)cc2)=C(c2ccc(OC)cc2)CC(CO)C1C. The molecule has 0 radical (unpaired) electrons. The van der Waals surface area contributed by atoms with Crippen LogP contribution in [0.5, 0.6) is 11.5 Å². The number of allylic oxidation sites excluding steroid dienone is 2. The van der Waals surface area contributed by atoms with E-state index in [-0.39, 0.29) is 18.3 Å². The second kappa shape index (κ2) is 7.96. The number of hydrogen-bond acceptors (Lipinski definition) is 3. The molecule has 0 bridgehead atoms. The largest absolute Gasteiger partial charge is 0.508 e. The Morgan fingerprint density at radius 1 is 1.00 bits per heavy atom. The first-order valence-electron chi connectivity index (χ1n) is 9.36. The van der Waals surface area contributed by atoms with Gasteiger partial charge in [-0.2, -0.15) is 0 Å². The Bertz CT molecular complexity index is 759. The van der Waals surface area contributed by atoms with E-state index in [1.54, 1.807) is 19.2 Å². The van der Waals surface area contributed by atoms with Crippen molar-refractivity contribution < 1.29 is 14.9 Å². The highest BCUT2D eigenvalue weighted by molar-refractivity contribution is 5.93. The van der Waals surface area contributed by atoms with Crippen molar-refractivity contribution in [3.63, 3.8) is 0 Å². The van der Waals surface area contributed by atoms with Gasteiger partial charge in [0.05, 0.1) is 7.11 Å². The van der Waals surface area contributed by atoms with Crippen LogP contribution in [0.15, 0.2) is 48.5 Å². The minimum Gasteiger partial charge on any atom is -0.508 e. The molecular formula is C23H28O3. The highest BCUT2D eigenvalue weighted by atomic mass is 16.5. The van der Waals surface area contributed by atoms with Crippen molar-refractivity contribution in [2.75, 3.05) is 13.7 Å². The zero-order chi connectivity index (χ0) is 18.7. The van der Waals surface area contributed by atoms with E-state index in [2.05, 4.69) is 26.0 Å². The first kappa shape index (κ1) is 18.5. The Morgan fingerprint density at radius 2 is 1.62 bits per heavy atom. The lowest BCUT2D eigenvalue weighted by Crippen LogP contribution is -2.29. The Hall–Kier alpha value is -2.26. The number of rotatable bonds is 5. The fraction of sp³-hybridized carbons (Fsp3) is 0.391. The topological polar surface area (TPSA) is 49.7 Å². The highest BCUT2D eigenvalue weighted by Gasteiger charge is 2.35. The Labute approximate surface area is 156 Å². The third-order valence-electron chi connectivity index (χ3n) is 5.83. The zero-order valence-corrected chi connectivity index (χ0v) is 15.8. The van der Waals surface area contributed by atoms with Crippen molar-refractivity contribution in [3.05, 3.63) is 59.7 Å². The van der Waals surface area contributed by atoms with Gasteiger partial charge in [0.25, 0.3) is 0 Å². The molecule has 2 aromatic carbocycles. The van der Waals surface area contributed by atoms with Crippen LogP contribution in [0.25, 0.3) is 11.1 Å². The standard InChI is InChI=1S/C23H28O3/c1-4-21-15(2)18(14-24)13-22(16-7-11-20(26-3)12-8-16)23(21)17-5-9-19(25)10-6-17/h5-12,15,18,21,24-25H,4,13-14H2,1-3H3. The molecule has 1 aliphatic carbocycles. The maximum atomic E-state index is 9.94. The molecule has 26 heavy (non-hydrogen) atoms. The molecule has 0 fully saturated rings. The van der Waals surface area contributed by atoms with Crippen LogP contribution >= 0.6 is 0 Å². The van der Waals surface area contributed by atoms with Crippen molar-refractivity contribution in [1.82, 2.24) is 0 Å². The summed E-state index contributed by atoms with van der Waals surface area (Å²) in [5.74, 6) is 2.18. The van der Waals surface area contributed by atoms with E-state index >= 15 is 0 Å². The van der Waals surface area contributed by atoms with E-state index in [0.29, 0.717) is 11.8 Å². The number of methoxy groups -OCH3 is 1. The summed E-state index contributed by atoms with van der Waals surface area (Å²) in [7, 11) is 1.67. The van der Waals surface area contributed by atoms with Crippen LogP contribution in [0.4, 0.5) is 0 Å². The quantitative estimate of drug-likeness (QED) is 0.797. The van der Waals surface area contributed by atoms with Crippen LogP contribution in [-0.2, 0) is 0 Å². The zero-order valence-electron chi connectivity index (χ0n) is 15.8. The molecule has 2 N–H and O–H groups in total. The van der Waals surface area contributed by atoms with Crippen LogP contribution in [0, 0.1) is 17.8 Å². The third kappa shape index (κ3) is 3.49. The van der Waals surface area contributed by atoms with Crippen LogP contribution < -0.4 is 4.74 Å². The fourth-order valence-electron chi connectivity index (χ4n) is 4.27. The molecule has 3 nitrogen and oxygen atoms in total. The molecule has 3 unspecified atom stereocenters. The maximum Gasteiger partial charge on any atom is 0.118 e. The van der Waals surface area contributed by atoms with E-state index in [9.17, 15) is 10.2 Å². The first-order valence-corrected chi connectivity index (χ1v) is 9.36. The summed E-state index contributed by atoms with van der Waals surface area (Å²) in [4.78, 5) is 0. The Balaban J connectivity index is 2.18. The highest BCUT2D eigenvalue weighted by Crippen LogP contribution is 2.48. The van der Waals surface area contributed by atoms with Crippen molar-refractivity contribution in [2.45, 2.75) is 26.7 Å². The molecule has 1 aliphatic rings. The maximum absolute atomic E-state index is 9.94. The second-order valence-electron chi connectivity index (χ2n) is 7.19. The molecule has 0 spiro atoms. The number of ether oxygens (including phenoxy) is 1. The lowest BCUT2D eigenvalue weighted by molar-refractivity contribution is 0.158. The molecule has 0 saturated heterocycles. The molecule has 3 heteroatoms. The third-order valence-corrected chi connectivity index (χ3v) is 5.83. The van der Waals surface area contributed by atoms with Crippen LogP contribution in [0.1, 0.15) is 37.8 Å². The number of phenols is 1. The minimum absolute atomic E-state index is 0.209. The molecule has 0 amide bonds. The monoisotopic (exact) mass is 352 g/mol. The van der Waals surface area contributed by atoms with Gasteiger partial charge in [-0.15, -0.1) is 0 Å². The predicted molar refractivity (Wildman–Crippen MR) is 106 cm³/mol. The Morgan fingerprint density at radius 3 is 2.15 bits per heavy atom. The summed E-state index contributed by atoms with van der Waals surface area (Å²) in [6.45, 7) is 4.67. The lowest BCUT2D eigenvalue weighted by Gasteiger charge is -2.39. The van der Waals surface area contributed by atoms with Crippen LogP contribution in [0.2, 0.25) is 0 Å². The predicted octanol–water partition coefficient (Wildman–Crippen LogP) is 4.99. The molecule has 0 aliphatic heterocycles. The summed E-state index contributed by atoms with van der Waals surface area (Å²) in [6, 6.07) is 15.7. The molecule has 0 aromatic heterocycles. The molecule has 138 valence electrons. The molecule has 2 aromatic rings. The molecular weight excluding hydrogens is 324 g/mol. The van der Waals surface area contributed by atoms with Crippen molar-refractivity contribution >= 4 is 11.1 Å². The van der Waals surface area contributed by atoms with Gasteiger partial charge in [0.1, 0.15) is 11.5 Å². The van der Waals surface area contributed by atoms with E-state index in [1.807, 2.05) is 24.3 Å². The Kier molecular flexibility index (Phi) is 5.67. The fourth-order valence-corrected chi connectivity index (χ4v) is 4.27. The van der Waals surface area contributed by atoms with Gasteiger partial charge in [-0.05, 0) is 77.1 Å².